The van der Waals surface area contributed by atoms with Gasteiger partial charge in [0.1, 0.15) is 0 Å². The molecule has 0 radical (unpaired) electrons. The first kappa shape index (κ1) is 12.4. The zero-order chi connectivity index (χ0) is 12.6. The molecule has 2 aliphatic carbocycles. The summed E-state index contributed by atoms with van der Waals surface area (Å²) in [6, 6.07) is 0. The number of carboxylic acid groups (broad SMARTS) is 2. The van der Waals surface area contributed by atoms with Gasteiger partial charge in [0.25, 0.3) is 0 Å². The molecule has 2 rings (SSSR count). The van der Waals surface area contributed by atoms with Crippen LogP contribution in [0.4, 0.5) is 0 Å². The van der Waals surface area contributed by atoms with E-state index in [0.29, 0.717) is 12.3 Å². The van der Waals surface area contributed by atoms with Gasteiger partial charge in [0.15, 0.2) is 0 Å². The standard InChI is InChI=1S/C13H20O4/c1-7-5-10-8(11(6-7)13(16)17)3-2-4-9(10)12(14)15/h7-11H,2-6H2,1H3,(H,14,15)(H,16,17). The van der Waals surface area contributed by atoms with Crippen molar-refractivity contribution in [2.75, 3.05) is 0 Å². The largest absolute Gasteiger partial charge is 0.481 e. The average Bonchev–Trinajstić information content (AvgIpc) is 2.26. The van der Waals surface area contributed by atoms with Crippen molar-refractivity contribution in [3.8, 4) is 0 Å². The first-order chi connectivity index (χ1) is 8.00. The molecule has 4 heteroatoms. The quantitative estimate of drug-likeness (QED) is 0.776. The van der Waals surface area contributed by atoms with Gasteiger partial charge < -0.3 is 10.2 Å². The van der Waals surface area contributed by atoms with Crippen LogP contribution in [0, 0.1) is 29.6 Å². The third-order valence-electron chi connectivity index (χ3n) is 4.60. The summed E-state index contributed by atoms with van der Waals surface area (Å²) in [5, 5.41) is 18.5. The predicted octanol–water partition coefficient (Wildman–Crippen LogP) is 2.23. The average molecular weight is 240 g/mol. The van der Waals surface area contributed by atoms with Crippen molar-refractivity contribution in [1.29, 1.82) is 0 Å². The lowest BCUT2D eigenvalue weighted by molar-refractivity contribution is -0.156. The van der Waals surface area contributed by atoms with Gasteiger partial charge >= 0.3 is 11.9 Å². The van der Waals surface area contributed by atoms with Crippen molar-refractivity contribution < 1.29 is 19.8 Å². The van der Waals surface area contributed by atoms with Crippen LogP contribution < -0.4 is 0 Å². The van der Waals surface area contributed by atoms with Gasteiger partial charge in [-0.15, -0.1) is 0 Å². The molecule has 0 spiro atoms. The number of aliphatic carboxylic acids is 2. The van der Waals surface area contributed by atoms with Gasteiger partial charge in [0.2, 0.25) is 0 Å². The van der Waals surface area contributed by atoms with E-state index in [1.807, 2.05) is 6.92 Å². The Balaban J connectivity index is 2.22. The van der Waals surface area contributed by atoms with Gasteiger partial charge in [0.05, 0.1) is 11.8 Å². The van der Waals surface area contributed by atoms with Gasteiger partial charge in [-0.1, -0.05) is 13.3 Å². The number of carboxylic acids is 2. The molecule has 0 saturated heterocycles. The summed E-state index contributed by atoms with van der Waals surface area (Å²) in [7, 11) is 0. The molecule has 2 saturated carbocycles. The van der Waals surface area contributed by atoms with Crippen molar-refractivity contribution in [2.24, 2.45) is 29.6 Å². The Morgan fingerprint density at radius 3 is 2.18 bits per heavy atom. The maximum absolute atomic E-state index is 11.3. The van der Waals surface area contributed by atoms with Crippen molar-refractivity contribution in [1.82, 2.24) is 0 Å². The number of carbonyl (C=O) groups is 2. The van der Waals surface area contributed by atoms with Crippen molar-refractivity contribution in [2.45, 2.75) is 39.0 Å². The minimum Gasteiger partial charge on any atom is -0.481 e. The smallest absolute Gasteiger partial charge is 0.306 e. The fraction of sp³-hybridized carbons (Fsp3) is 0.846. The summed E-state index contributed by atoms with van der Waals surface area (Å²) < 4.78 is 0. The summed E-state index contributed by atoms with van der Waals surface area (Å²) in [4.78, 5) is 22.5. The predicted molar refractivity (Wildman–Crippen MR) is 61.5 cm³/mol. The summed E-state index contributed by atoms with van der Waals surface area (Å²) in [5.41, 5.74) is 0. The molecule has 0 aromatic heterocycles. The van der Waals surface area contributed by atoms with E-state index in [-0.39, 0.29) is 23.7 Å². The lowest BCUT2D eigenvalue weighted by Crippen LogP contribution is -2.44. The number of hydrogen-bond acceptors (Lipinski definition) is 2. The van der Waals surface area contributed by atoms with Gasteiger partial charge in [-0.25, -0.2) is 0 Å². The molecule has 2 N–H and O–H groups in total. The highest BCUT2D eigenvalue weighted by molar-refractivity contribution is 5.72. The zero-order valence-corrected chi connectivity index (χ0v) is 10.1. The maximum Gasteiger partial charge on any atom is 0.306 e. The second-order valence-corrected chi connectivity index (χ2v) is 5.72. The zero-order valence-electron chi connectivity index (χ0n) is 10.1. The van der Waals surface area contributed by atoms with E-state index in [2.05, 4.69) is 0 Å². The molecule has 5 atom stereocenters. The van der Waals surface area contributed by atoms with Crippen LogP contribution in [0.2, 0.25) is 0 Å². The lowest BCUT2D eigenvalue weighted by atomic mass is 9.59. The molecular weight excluding hydrogens is 220 g/mol. The van der Waals surface area contributed by atoms with Crippen LogP contribution in [0.1, 0.15) is 39.0 Å². The van der Waals surface area contributed by atoms with Crippen LogP contribution in [0.15, 0.2) is 0 Å². The van der Waals surface area contributed by atoms with Crippen molar-refractivity contribution in [3.05, 3.63) is 0 Å². The molecule has 0 aliphatic heterocycles. The molecule has 4 nitrogen and oxygen atoms in total. The first-order valence-corrected chi connectivity index (χ1v) is 6.46. The van der Waals surface area contributed by atoms with Crippen LogP contribution in [-0.2, 0) is 9.59 Å². The molecule has 2 fully saturated rings. The number of rotatable bonds is 2. The minimum atomic E-state index is -0.738. The fourth-order valence-electron chi connectivity index (χ4n) is 3.90. The van der Waals surface area contributed by atoms with Crippen LogP contribution >= 0.6 is 0 Å². The Kier molecular flexibility index (Phi) is 3.40. The van der Waals surface area contributed by atoms with Crippen LogP contribution in [0.5, 0.6) is 0 Å². The van der Waals surface area contributed by atoms with E-state index in [0.717, 1.165) is 25.7 Å². The monoisotopic (exact) mass is 240 g/mol. The van der Waals surface area contributed by atoms with Crippen LogP contribution in [0.3, 0.4) is 0 Å². The van der Waals surface area contributed by atoms with E-state index in [1.165, 1.54) is 0 Å². The molecule has 2 aliphatic rings. The molecule has 5 unspecified atom stereocenters. The second-order valence-electron chi connectivity index (χ2n) is 5.72. The van der Waals surface area contributed by atoms with Gasteiger partial charge in [-0.05, 0) is 43.4 Å². The summed E-state index contributed by atoms with van der Waals surface area (Å²) in [6.07, 6.45) is 4.05. The Labute approximate surface area is 101 Å². The van der Waals surface area contributed by atoms with Crippen molar-refractivity contribution >= 4 is 11.9 Å². The fourth-order valence-corrected chi connectivity index (χ4v) is 3.90. The highest BCUT2D eigenvalue weighted by Crippen LogP contribution is 2.48. The summed E-state index contributed by atoms with van der Waals surface area (Å²) >= 11 is 0. The van der Waals surface area contributed by atoms with Gasteiger partial charge in [-0.2, -0.15) is 0 Å². The third kappa shape index (κ3) is 2.31. The Morgan fingerprint density at radius 1 is 0.941 bits per heavy atom. The Hall–Kier alpha value is -1.06. The van der Waals surface area contributed by atoms with E-state index < -0.39 is 11.9 Å². The van der Waals surface area contributed by atoms with E-state index in [9.17, 15) is 19.8 Å². The highest BCUT2D eigenvalue weighted by atomic mass is 16.4. The summed E-state index contributed by atoms with van der Waals surface area (Å²) in [6.45, 7) is 2.04. The normalized spacial score (nSPS) is 41.6. The molecular formula is C13H20O4. The van der Waals surface area contributed by atoms with Crippen molar-refractivity contribution in [3.63, 3.8) is 0 Å². The highest BCUT2D eigenvalue weighted by Gasteiger charge is 2.46. The SMILES string of the molecule is CC1CC(C(=O)O)C2CCCC(C(=O)O)C2C1. The topological polar surface area (TPSA) is 74.6 Å². The van der Waals surface area contributed by atoms with E-state index in [4.69, 9.17) is 0 Å². The van der Waals surface area contributed by atoms with E-state index >= 15 is 0 Å². The van der Waals surface area contributed by atoms with E-state index in [1.54, 1.807) is 0 Å². The minimum absolute atomic E-state index is 0.0751. The molecule has 0 aromatic carbocycles. The molecule has 96 valence electrons. The molecule has 0 heterocycles. The van der Waals surface area contributed by atoms with Gasteiger partial charge in [-0.3, -0.25) is 9.59 Å². The Morgan fingerprint density at radius 2 is 1.59 bits per heavy atom. The lowest BCUT2D eigenvalue weighted by Gasteiger charge is -2.44. The molecule has 17 heavy (non-hydrogen) atoms. The molecule has 0 aromatic rings. The third-order valence-corrected chi connectivity index (χ3v) is 4.60. The molecule has 0 amide bonds. The second kappa shape index (κ2) is 4.67. The summed E-state index contributed by atoms with van der Waals surface area (Å²) in [5.74, 6) is -1.64. The maximum atomic E-state index is 11.3. The van der Waals surface area contributed by atoms with Gasteiger partial charge in [0, 0.05) is 0 Å². The number of fused-ring (bicyclic) bond motifs is 1. The first-order valence-electron chi connectivity index (χ1n) is 6.46. The van der Waals surface area contributed by atoms with Crippen LogP contribution in [0.25, 0.3) is 0 Å². The van der Waals surface area contributed by atoms with Crippen LogP contribution in [-0.4, -0.2) is 22.2 Å². The Bertz CT molecular complexity index is 325. The molecule has 0 bridgehead atoms. The number of hydrogen-bond donors (Lipinski definition) is 2.